The molecule has 1 spiro atoms. The number of nitrogens with zero attached hydrogens (tertiary/aromatic N) is 1. The summed E-state index contributed by atoms with van der Waals surface area (Å²) in [7, 11) is 0. The maximum Gasteiger partial charge on any atom is 0.0465 e. The van der Waals surface area contributed by atoms with Crippen molar-refractivity contribution in [2.75, 3.05) is 4.90 Å². The van der Waals surface area contributed by atoms with E-state index in [9.17, 15) is 0 Å². The molecule has 4 saturated carbocycles. The van der Waals surface area contributed by atoms with E-state index in [1.807, 2.05) is 0 Å². The molecule has 0 atom stereocenters. The Morgan fingerprint density at radius 2 is 0.774 bits per heavy atom. The molecule has 6 aliphatic carbocycles. The molecule has 0 amide bonds. The Kier molecular flexibility index (Phi) is 7.91. The van der Waals surface area contributed by atoms with Gasteiger partial charge in [-0.3, -0.25) is 0 Å². The van der Waals surface area contributed by atoms with Gasteiger partial charge in [-0.1, -0.05) is 153 Å². The lowest BCUT2D eigenvalue weighted by Gasteiger charge is -2.61. The Morgan fingerprint density at radius 3 is 1.39 bits per heavy atom. The lowest BCUT2D eigenvalue weighted by Crippen LogP contribution is -2.55. The zero-order chi connectivity index (χ0) is 41.2. The smallest absolute Gasteiger partial charge is 0.0465 e. The van der Waals surface area contributed by atoms with Gasteiger partial charge in [-0.25, -0.2) is 0 Å². The van der Waals surface area contributed by atoms with Crippen LogP contribution in [-0.4, -0.2) is 0 Å². The van der Waals surface area contributed by atoms with Gasteiger partial charge in [-0.15, -0.1) is 0 Å². The molecule has 300 valence electrons. The molecule has 1 heteroatoms. The van der Waals surface area contributed by atoms with E-state index in [-0.39, 0.29) is 10.8 Å². The van der Waals surface area contributed by atoms with Crippen LogP contribution in [0.1, 0.15) is 68.2 Å². The van der Waals surface area contributed by atoms with Crippen molar-refractivity contribution in [2.24, 2.45) is 23.7 Å². The molecule has 0 radical (unpaired) electrons. The molecule has 0 saturated heterocycles. The van der Waals surface area contributed by atoms with Gasteiger partial charge in [0, 0.05) is 27.9 Å². The number of benzene rings is 8. The Labute approximate surface area is 366 Å². The Balaban J connectivity index is 0.873. The molecule has 4 fully saturated rings. The summed E-state index contributed by atoms with van der Waals surface area (Å²) in [5.41, 5.74) is 22.7. The highest BCUT2D eigenvalue weighted by molar-refractivity contribution is 5.90. The molecule has 8 aromatic carbocycles. The monoisotopic (exact) mass is 797 g/mol. The van der Waals surface area contributed by atoms with E-state index in [0.29, 0.717) is 0 Å². The van der Waals surface area contributed by atoms with Crippen LogP contribution in [0.4, 0.5) is 17.1 Å². The van der Waals surface area contributed by atoms with Gasteiger partial charge in [0.05, 0.1) is 0 Å². The van der Waals surface area contributed by atoms with E-state index in [0.717, 1.165) is 35.0 Å². The number of hydrogen-bond acceptors (Lipinski definition) is 1. The molecule has 8 aromatic rings. The molecule has 1 nitrogen and oxygen atoms in total. The fourth-order valence-corrected chi connectivity index (χ4v) is 13.7. The highest BCUT2D eigenvalue weighted by Crippen LogP contribution is 2.69. The van der Waals surface area contributed by atoms with Gasteiger partial charge in [0.1, 0.15) is 0 Å². The van der Waals surface area contributed by atoms with Crippen LogP contribution in [0.2, 0.25) is 0 Å². The second-order valence-electron chi connectivity index (χ2n) is 19.8. The Hall–Kier alpha value is -6.44. The van der Waals surface area contributed by atoms with Gasteiger partial charge in [-0.05, 0) is 182 Å². The summed E-state index contributed by atoms with van der Waals surface area (Å²) in [6.45, 7) is 4.85. The fraction of sp³-hybridized carbons (Fsp3) is 0.213. The maximum atomic E-state index is 2.57. The van der Waals surface area contributed by atoms with Crippen molar-refractivity contribution in [2.45, 2.75) is 56.8 Å². The summed E-state index contributed by atoms with van der Waals surface area (Å²) in [4.78, 5) is 2.42. The van der Waals surface area contributed by atoms with Crippen molar-refractivity contribution in [1.82, 2.24) is 0 Å². The number of rotatable bonds is 6. The number of fused-ring (bicyclic) bond motifs is 6. The summed E-state index contributed by atoms with van der Waals surface area (Å²) >= 11 is 0. The largest absolute Gasteiger partial charge is 0.310 e. The van der Waals surface area contributed by atoms with E-state index in [4.69, 9.17) is 0 Å². The zero-order valence-electron chi connectivity index (χ0n) is 35.7. The maximum absolute atomic E-state index is 2.57. The van der Waals surface area contributed by atoms with E-state index >= 15 is 0 Å². The molecule has 0 heterocycles. The first-order valence-electron chi connectivity index (χ1n) is 23.1. The average molecular weight is 798 g/mol. The lowest BCUT2D eigenvalue weighted by atomic mass is 9.43. The van der Waals surface area contributed by atoms with E-state index in [1.54, 1.807) is 11.1 Å². The first kappa shape index (κ1) is 36.2. The quantitative estimate of drug-likeness (QED) is 0.162. The molecule has 6 aliphatic rings. The summed E-state index contributed by atoms with van der Waals surface area (Å²) in [5, 5.41) is 0. The third-order valence-corrected chi connectivity index (χ3v) is 16.3. The van der Waals surface area contributed by atoms with Crippen LogP contribution in [0.25, 0.3) is 55.6 Å². The molecule has 0 aliphatic heterocycles. The van der Waals surface area contributed by atoms with Crippen LogP contribution < -0.4 is 4.90 Å². The molecule has 0 aromatic heterocycles. The average Bonchev–Trinajstić information content (AvgIpc) is 3.73. The molecular weight excluding hydrogens is 747 g/mol. The summed E-state index contributed by atoms with van der Waals surface area (Å²) < 4.78 is 0. The van der Waals surface area contributed by atoms with Crippen molar-refractivity contribution >= 4 is 17.1 Å². The van der Waals surface area contributed by atoms with Gasteiger partial charge >= 0.3 is 0 Å². The van der Waals surface area contributed by atoms with E-state index in [1.165, 1.54) is 105 Å². The van der Waals surface area contributed by atoms with Crippen LogP contribution in [-0.2, 0) is 10.8 Å². The van der Waals surface area contributed by atoms with Crippen LogP contribution in [0.15, 0.2) is 188 Å². The summed E-state index contributed by atoms with van der Waals surface area (Å²) in [5.74, 6) is 3.48. The second-order valence-corrected chi connectivity index (χ2v) is 19.8. The predicted molar refractivity (Wildman–Crippen MR) is 258 cm³/mol. The van der Waals surface area contributed by atoms with Gasteiger partial charge in [-0.2, -0.15) is 0 Å². The number of hydrogen-bond donors (Lipinski definition) is 0. The van der Waals surface area contributed by atoms with Gasteiger partial charge in [0.25, 0.3) is 0 Å². The normalized spacial score (nSPS) is 22.9. The van der Waals surface area contributed by atoms with Gasteiger partial charge < -0.3 is 4.90 Å². The highest BCUT2D eigenvalue weighted by Gasteiger charge is 2.61. The number of anilines is 3. The van der Waals surface area contributed by atoms with E-state index < -0.39 is 0 Å². The van der Waals surface area contributed by atoms with Crippen molar-refractivity contribution in [3.05, 3.63) is 210 Å². The van der Waals surface area contributed by atoms with Crippen molar-refractivity contribution in [1.29, 1.82) is 0 Å². The minimum Gasteiger partial charge on any atom is -0.310 e. The van der Waals surface area contributed by atoms with Crippen LogP contribution in [0, 0.1) is 23.7 Å². The van der Waals surface area contributed by atoms with Crippen molar-refractivity contribution in [3.63, 3.8) is 0 Å². The minimum absolute atomic E-state index is 0.176. The first-order chi connectivity index (χ1) is 30.4. The standard InChI is InChI=1S/C61H51N/c1-60(2)58-37-46(45-22-30-57-55(36-45)52-15-9-10-16-56(52)61(57)47-32-39-31-40(34-47)35-48(61)33-39)21-28-53(58)54-29-27-51(38-59(54)60)62(49-23-17-43(18-24-49)41-11-5-3-6-12-41)50-25-19-44(20-26-50)42-13-7-4-8-14-42/h3-30,36-40,47-48H,31-35H2,1-2H3. The summed E-state index contributed by atoms with van der Waals surface area (Å²) in [6.07, 6.45) is 7.17. The SMILES string of the molecule is CC1(C)c2cc(-c3ccc4c(c3)-c3ccccc3C43C4CC5CC(C4)CC3C5)ccc2-c2ccc(N(c3ccc(-c4ccccc4)cc3)c3ccc(-c4ccccc4)cc3)cc21. The molecular formula is C61H51N. The summed E-state index contributed by atoms with van der Waals surface area (Å²) in [6, 6.07) is 71.0. The molecule has 4 bridgehead atoms. The first-order valence-corrected chi connectivity index (χ1v) is 23.1. The second kappa shape index (κ2) is 13.5. The highest BCUT2D eigenvalue weighted by atomic mass is 15.1. The fourth-order valence-electron chi connectivity index (χ4n) is 13.7. The lowest BCUT2D eigenvalue weighted by molar-refractivity contribution is -0.0399. The van der Waals surface area contributed by atoms with E-state index in [2.05, 4.69) is 207 Å². The third-order valence-electron chi connectivity index (χ3n) is 16.3. The Bertz CT molecular complexity index is 2920. The molecule has 0 N–H and O–H groups in total. The Morgan fingerprint density at radius 1 is 0.339 bits per heavy atom. The third kappa shape index (κ3) is 5.27. The minimum atomic E-state index is -0.176. The molecule has 0 unspecified atom stereocenters. The topological polar surface area (TPSA) is 3.24 Å². The van der Waals surface area contributed by atoms with Crippen LogP contribution in [0.3, 0.4) is 0 Å². The zero-order valence-corrected chi connectivity index (χ0v) is 35.7. The molecule has 62 heavy (non-hydrogen) atoms. The molecule has 14 rings (SSSR count). The van der Waals surface area contributed by atoms with Crippen LogP contribution >= 0.6 is 0 Å². The van der Waals surface area contributed by atoms with Crippen molar-refractivity contribution < 1.29 is 0 Å². The van der Waals surface area contributed by atoms with Crippen molar-refractivity contribution in [3.8, 4) is 55.6 Å². The predicted octanol–water partition coefficient (Wildman–Crippen LogP) is 16.2. The van der Waals surface area contributed by atoms with Crippen LogP contribution in [0.5, 0.6) is 0 Å². The van der Waals surface area contributed by atoms with Gasteiger partial charge in [0.2, 0.25) is 0 Å². The van der Waals surface area contributed by atoms with Gasteiger partial charge in [0.15, 0.2) is 0 Å².